The van der Waals surface area contributed by atoms with Crippen molar-refractivity contribution in [2.24, 2.45) is 0 Å². The minimum Gasteiger partial charge on any atom is -0.497 e. The minimum absolute atomic E-state index is 0.154. The van der Waals surface area contributed by atoms with Gasteiger partial charge in [-0.15, -0.1) is 10.2 Å². The lowest BCUT2D eigenvalue weighted by Gasteiger charge is -2.26. The Labute approximate surface area is 149 Å². The van der Waals surface area contributed by atoms with E-state index >= 15 is 0 Å². The fourth-order valence-electron chi connectivity index (χ4n) is 2.80. The van der Waals surface area contributed by atoms with Gasteiger partial charge in [0.25, 0.3) is 10.0 Å². The summed E-state index contributed by atoms with van der Waals surface area (Å²) in [6.45, 7) is 1.32. The van der Waals surface area contributed by atoms with Gasteiger partial charge in [-0.25, -0.2) is 13.1 Å². The van der Waals surface area contributed by atoms with Gasteiger partial charge in [-0.05, 0) is 42.5 Å². The van der Waals surface area contributed by atoms with Gasteiger partial charge in [0.1, 0.15) is 5.75 Å². The summed E-state index contributed by atoms with van der Waals surface area (Å²) in [6.07, 6.45) is 2.47. The molecule has 0 fully saturated rings. The molecule has 1 aromatic carbocycles. The van der Waals surface area contributed by atoms with Crippen LogP contribution in [0.4, 0.5) is 5.13 Å². The number of hydrogen-bond donors (Lipinski definition) is 2. The van der Waals surface area contributed by atoms with Crippen LogP contribution in [0.3, 0.4) is 0 Å². The summed E-state index contributed by atoms with van der Waals surface area (Å²) in [5.74, 6) is 0.426. The van der Waals surface area contributed by atoms with Crippen molar-refractivity contribution in [1.82, 2.24) is 14.9 Å². The number of methoxy groups -OCH3 is 1. The molecule has 2 aromatic rings. The molecule has 10 heteroatoms. The van der Waals surface area contributed by atoms with Gasteiger partial charge < -0.3 is 10.1 Å². The molecule has 0 aliphatic heterocycles. The van der Waals surface area contributed by atoms with Gasteiger partial charge in [-0.2, -0.15) is 0 Å². The summed E-state index contributed by atoms with van der Waals surface area (Å²) in [4.78, 5) is 11.0. The summed E-state index contributed by atoms with van der Waals surface area (Å²) in [5, 5.41) is 9.94. The number of rotatable bonds is 5. The largest absolute Gasteiger partial charge is 0.497 e. The van der Waals surface area contributed by atoms with Crippen molar-refractivity contribution in [3.63, 3.8) is 0 Å². The van der Waals surface area contributed by atoms with E-state index in [4.69, 9.17) is 4.74 Å². The van der Waals surface area contributed by atoms with Crippen molar-refractivity contribution in [2.45, 2.75) is 36.6 Å². The van der Waals surface area contributed by atoms with Gasteiger partial charge in [-0.3, -0.25) is 4.79 Å². The lowest BCUT2D eigenvalue weighted by Crippen LogP contribution is -2.31. The van der Waals surface area contributed by atoms with Gasteiger partial charge in [-0.1, -0.05) is 17.4 Å². The number of fused-ring (bicyclic) bond motifs is 1. The maximum atomic E-state index is 12.6. The highest BCUT2D eigenvalue weighted by Gasteiger charge is 2.28. The third-order valence-corrected chi connectivity index (χ3v) is 6.56. The molecule has 134 valence electrons. The number of nitrogens with zero attached hydrogens (tertiary/aromatic N) is 2. The van der Waals surface area contributed by atoms with Gasteiger partial charge in [0.2, 0.25) is 15.4 Å². The van der Waals surface area contributed by atoms with Crippen LogP contribution in [0.2, 0.25) is 0 Å². The molecular formula is C15H18N4O4S2. The number of amides is 1. The van der Waals surface area contributed by atoms with Crippen LogP contribution in [-0.4, -0.2) is 31.6 Å². The second kappa shape index (κ2) is 7.06. The van der Waals surface area contributed by atoms with E-state index in [1.807, 2.05) is 18.2 Å². The molecular weight excluding hydrogens is 364 g/mol. The van der Waals surface area contributed by atoms with Gasteiger partial charge >= 0.3 is 0 Å². The van der Waals surface area contributed by atoms with Crippen LogP contribution in [0, 0.1) is 0 Å². The highest BCUT2D eigenvalue weighted by Crippen LogP contribution is 2.33. The van der Waals surface area contributed by atoms with E-state index in [0.717, 1.165) is 41.1 Å². The highest BCUT2D eigenvalue weighted by molar-refractivity contribution is 7.91. The summed E-state index contributed by atoms with van der Waals surface area (Å²) >= 11 is 0.819. The fraction of sp³-hybridized carbons (Fsp3) is 0.400. The van der Waals surface area contributed by atoms with Gasteiger partial charge in [0.05, 0.1) is 7.11 Å². The van der Waals surface area contributed by atoms with Crippen LogP contribution in [0.5, 0.6) is 5.75 Å². The molecule has 0 radical (unpaired) electrons. The smallest absolute Gasteiger partial charge is 0.270 e. The SMILES string of the molecule is COc1ccc2c(c1)CCC[C@H]2NS(=O)(=O)c1nnc(NC(C)=O)s1. The van der Waals surface area contributed by atoms with E-state index in [2.05, 4.69) is 20.2 Å². The number of aryl methyl sites for hydroxylation is 1. The van der Waals surface area contributed by atoms with Crippen LogP contribution in [0.1, 0.15) is 36.9 Å². The first-order chi connectivity index (χ1) is 11.9. The first-order valence-corrected chi connectivity index (χ1v) is 9.99. The van der Waals surface area contributed by atoms with Crippen molar-refractivity contribution in [3.05, 3.63) is 29.3 Å². The Hall–Kier alpha value is -2.04. The molecule has 0 saturated heterocycles. The van der Waals surface area contributed by atoms with Crippen molar-refractivity contribution in [2.75, 3.05) is 12.4 Å². The van der Waals surface area contributed by atoms with E-state index in [1.165, 1.54) is 6.92 Å². The highest BCUT2D eigenvalue weighted by atomic mass is 32.2. The molecule has 3 rings (SSSR count). The second-order valence-corrected chi connectivity index (χ2v) is 8.55. The average Bonchev–Trinajstić information content (AvgIpc) is 3.03. The number of nitrogens with one attached hydrogen (secondary N) is 2. The molecule has 0 saturated carbocycles. The number of sulfonamides is 1. The molecule has 1 aromatic heterocycles. The molecule has 1 aliphatic rings. The first kappa shape index (κ1) is 17.8. The molecule has 8 nitrogen and oxygen atoms in total. The third-order valence-electron chi connectivity index (χ3n) is 3.88. The number of benzene rings is 1. The topological polar surface area (TPSA) is 110 Å². The first-order valence-electron chi connectivity index (χ1n) is 7.69. The molecule has 0 spiro atoms. The van der Waals surface area contributed by atoms with Crippen LogP contribution in [0.25, 0.3) is 0 Å². The van der Waals surface area contributed by atoms with Crippen molar-refractivity contribution >= 4 is 32.4 Å². The number of carbonyl (C=O) groups excluding carboxylic acids is 1. The van der Waals surface area contributed by atoms with Crippen molar-refractivity contribution in [1.29, 1.82) is 0 Å². The standard InChI is InChI=1S/C15H18N4O4S2/c1-9(20)16-14-17-18-15(24-14)25(21,22)19-13-5-3-4-10-8-11(23-2)6-7-12(10)13/h6-8,13,19H,3-5H2,1-2H3,(H,16,17,20)/t13-/m1/s1. The second-order valence-electron chi connectivity index (χ2n) is 5.69. The molecule has 1 heterocycles. The Morgan fingerprint density at radius 3 is 2.88 bits per heavy atom. The Morgan fingerprint density at radius 1 is 1.36 bits per heavy atom. The lowest BCUT2D eigenvalue weighted by atomic mass is 9.88. The fourth-order valence-corrected chi connectivity index (χ4v) is 5.01. The number of hydrogen-bond acceptors (Lipinski definition) is 7. The molecule has 1 amide bonds. The van der Waals surface area contributed by atoms with Crippen LogP contribution < -0.4 is 14.8 Å². The summed E-state index contributed by atoms with van der Waals surface area (Å²) in [6, 6.07) is 5.33. The zero-order chi connectivity index (χ0) is 18.0. The molecule has 0 bridgehead atoms. The number of carbonyl (C=O) groups is 1. The number of anilines is 1. The normalized spacial score (nSPS) is 17.0. The maximum Gasteiger partial charge on any atom is 0.270 e. The summed E-state index contributed by atoms with van der Waals surface area (Å²) < 4.78 is 32.9. The lowest BCUT2D eigenvalue weighted by molar-refractivity contribution is -0.114. The van der Waals surface area contributed by atoms with Gasteiger partial charge in [0, 0.05) is 13.0 Å². The zero-order valence-corrected chi connectivity index (χ0v) is 15.4. The van der Waals surface area contributed by atoms with Crippen LogP contribution >= 0.6 is 11.3 Å². The Morgan fingerprint density at radius 2 is 2.16 bits per heavy atom. The molecule has 2 N–H and O–H groups in total. The summed E-state index contributed by atoms with van der Waals surface area (Å²) in [7, 11) is -2.22. The number of aromatic nitrogens is 2. The predicted octanol–water partition coefficient (Wildman–Crippen LogP) is 1.86. The Balaban J connectivity index is 1.82. The van der Waals surface area contributed by atoms with Gasteiger partial charge in [0.15, 0.2) is 0 Å². The van der Waals surface area contributed by atoms with Crippen LogP contribution in [-0.2, 0) is 21.2 Å². The molecule has 1 atom stereocenters. The van der Waals surface area contributed by atoms with E-state index in [1.54, 1.807) is 7.11 Å². The molecule has 25 heavy (non-hydrogen) atoms. The summed E-state index contributed by atoms with van der Waals surface area (Å²) in [5.41, 5.74) is 2.02. The minimum atomic E-state index is -3.82. The molecule has 1 aliphatic carbocycles. The van der Waals surface area contributed by atoms with Crippen molar-refractivity contribution < 1.29 is 17.9 Å². The van der Waals surface area contributed by atoms with Crippen LogP contribution in [0.15, 0.2) is 22.5 Å². The van der Waals surface area contributed by atoms with E-state index in [0.29, 0.717) is 6.42 Å². The van der Waals surface area contributed by atoms with E-state index in [9.17, 15) is 13.2 Å². The van der Waals surface area contributed by atoms with Crippen molar-refractivity contribution in [3.8, 4) is 5.75 Å². The quantitative estimate of drug-likeness (QED) is 0.764. The Bertz CT molecular complexity index is 895. The average molecular weight is 382 g/mol. The Kier molecular flexibility index (Phi) is 5.02. The van der Waals surface area contributed by atoms with E-state index < -0.39 is 10.0 Å². The monoisotopic (exact) mass is 382 g/mol. The maximum absolute atomic E-state index is 12.6. The zero-order valence-electron chi connectivity index (χ0n) is 13.8. The van der Waals surface area contributed by atoms with E-state index in [-0.39, 0.29) is 21.4 Å². The predicted molar refractivity (Wildman–Crippen MR) is 93.2 cm³/mol. The third kappa shape index (κ3) is 3.97. The number of ether oxygens (including phenoxy) is 1. The molecule has 0 unspecified atom stereocenters.